The lowest BCUT2D eigenvalue weighted by Crippen LogP contribution is -2.50. The maximum absolute atomic E-state index is 13.2. The summed E-state index contributed by atoms with van der Waals surface area (Å²) in [6, 6.07) is 15.2. The minimum atomic E-state index is -0.217. The normalized spacial score (nSPS) is 15.7. The lowest BCUT2D eigenvalue weighted by molar-refractivity contribution is -0.125. The SMILES string of the molecule is COCC(=O)NCC(c1ccc(N(C)C)cc1)N1CCN(c2ccc(F)cc2)CC1. The summed E-state index contributed by atoms with van der Waals surface area (Å²) >= 11 is 0. The van der Waals surface area contributed by atoms with Crippen LogP contribution >= 0.6 is 0 Å². The average molecular weight is 415 g/mol. The molecule has 0 spiro atoms. The molecule has 1 atom stereocenters. The minimum absolute atomic E-state index is 0.0602. The van der Waals surface area contributed by atoms with Crippen LogP contribution in [0.25, 0.3) is 0 Å². The van der Waals surface area contributed by atoms with Crippen molar-refractivity contribution in [2.24, 2.45) is 0 Å². The van der Waals surface area contributed by atoms with Crippen LogP contribution < -0.4 is 15.1 Å². The van der Waals surface area contributed by atoms with E-state index in [4.69, 9.17) is 4.74 Å². The molecule has 1 amide bonds. The van der Waals surface area contributed by atoms with Crippen molar-refractivity contribution in [3.05, 3.63) is 59.9 Å². The molecule has 7 heteroatoms. The van der Waals surface area contributed by atoms with Crippen LogP contribution in [0.3, 0.4) is 0 Å². The van der Waals surface area contributed by atoms with Gasteiger partial charge in [-0.2, -0.15) is 0 Å². The number of carbonyl (C=O) groups excluding carboxylic acids is 1. The lowest BCUT2D eigenvalue weighted by Gasteiger charge is -2.40. The number of amides is 1. The summed E-state index contributed by atoms with van der Waals surface area (Å²) in [6.45, 7) is 4.01. The van der Waals surface area contributed by atoms with E-state index in [0.29, 0.717) is 6.54 Å². The molecule has 1 fully saturated rings. The summed E-state index contributed by atoms with van der Waals surface area (Å²) in [5.41, 5.74) is 3.35. The predicted octanol–water partition coefficient (Wildman–Crippen LogP) is 2.52. The summed E-state index contributed by atoms with van der Waals surface area (Å²) in [5, 5.41) is 2.99. The average Bonchev–Trinajstić information content (AvgIpc) is 2.75. The number of rotatable bonds is 8. The minimum Gasteiger partial charge on any atom is -0.378 e. The van der Waals surface area contributed by atoms with Gasteiger partial charge in [-0.15, -0.1) is 0 Å². The number of halogens is 1. The highest BCUT2D eigenvalue weighted by molar-refractivity contribution is 5.77. The van der Waals surface area contributed by atoms with Gasteiger partial charge in [0.2, 0.25) is 5.91 Å². The fourth-order valence-electron chi connectivity index (χ4n) is 3.79. The van der Waals surface area contributed by atoms with Gasteiger partial charge in [-0.25, -0.2) is 4.39 Å². The summed E-state index contributed by atoms with van der Waals surface area (Å²) in [7, 11) is 5.56. The highest BCUT2D eigenvalue weighted by atomic mass is 19.1. The van der Waals surface area contributed by atoms with Crippen LogP contribution in [-0.4, -0.2) is 71.3 Å². The van der Waals surface area contributed by atoms with Crippen molar-refractivity contribution in [3.63, 3.8) is 0 Å². The molecule has 0 radical (unpaired) electrons. The van der Waals surface area contributed by atoms with Crippen molar-refractivity contribution in [1.29, 1.82) is 0 Å². The van der Waals surface area contributed by atoms with Crippen molar-refractivity contribution in [1.82, 2.24) is 10.2 Å². The fraction of sp³-hybridized carbons (Fsp3) is 0.435. The topological polar surface area (TPSA) is 48.1 Å². The molecule has 0 aliphatic carbocycles. The molecular weight excluding hydrogens is 383 g/mol. The maximum atomic E-state index is 13.2. The van der Waals surface area contributed by atoms with Crippen LogP contribution in [-0.2, 0) is 9.53 Å². The number of carbonyl (C=O) groups is 1. The van der Waals surface area contributed by atoms with Crippen LogP contribution in [0.2, 0.25) is 0 Å². The van der Waals surface area contributed by atoms with Gasteiger partial charge < -0.3 is 19.9 Å². The van der Waals surface area contributed by atoms with Crippen LogP contribution in [0.5, 0.6) is 0 Å². The van der Waals surface area contributed by atoms with Gasteiger partial charge in [0.25, 0.3) is 0 Å². The van der Waals surface area contributed by atoms with E-state index >= 15 is 0 Å². The highest BCUT2D eigenvalue weighted by Crippen LogP contribution is 2.26. The van der Waals surface area contributed by atoms with Crippen LogP contribution in [0.4, 0.5) is 15.8 Å². The zero-order valence-electron chi connectivity index (χ0n) is 18.0. The molecule has 2 aromatic rings. The van der Waals surface area contributed by atoms with Gasteiger partial charge in [0.1, 0.15) is 12.4 Å². The number of ether oxygens (including phenoxy) is 1. The van der Waals surface area contributed by atoms with Crippen molar-refractivity contribution >= 4 is 17.3 Å². The Kier molecular flexibility index (Phi) is 7.65. The van der Waals surface area contributed by atoms with Gasteiger partial charge in [0.15, 0.2) is 0 Å². The van der Waals surface area contributed by atoms with Crippen LogP contribution in [0, 0.1) is 5.82 Å². The molecule has 1 N–H and O–H groups in total. The first-order chi connectivity index (χ1) is 14.5. The summed E-state index contributed by atoms with van der Waals surface area (Å²) in [4.78, 5) is 18.7. The number of hydrogen-bond acceptors (Lipinski definition) is 5. The van der Waals surface area contributed by atoms with Gasteiger partial charge in [-0.3, -0.25) is 9.69 Å². The van der Waals surface area contributed by atoms with E-state index in [-0.39, 0.29) is 24.4 Å². The first-order valence-electron chi connectivity index (χ1n) is 10.3. The maximum Gasteiger partial charge on any atom is 0.246 e. The second kappa shape index (κ2) is 10.4. The molecular formula is C23H31FN4O2. The van der Waals surface area contributed by atoms with E-state index in [1.54, 1.807) is 0 Å². The Morgan fingerprint density at radius 3 is 2.27 bits per heavy atom. The molecule has 1 saturated heterocycles. The zero-order valence-corrected chi connectivity index (χ0v) is 18.0. The second-order valence-corrected chi connectivity index (χ2v) is 7.74. The number of nitrogens with one attached hydrogen (secondary N) is 1. The van der Waals surface area contributed by atoms with E-state index in [1.807, 2.05) is 26.2 Å². The monoisotopic (exact) mass is 414 g/mol. The number of piperazine rings is 1. The lowest BCUT2D eigenvalue weighted by atomic mass is 10.0. The first-order valence-corrected chi connectivity index (χ1v) is 10.3. The van der Waals surface area contributed by atoms with E-state index in [0.717, 1.165) is 37.6 Å². The quantitative estimate of drug-likeness (QED) is 0.719. The first kappa shape index (κ1) is 22.1. The molecule has 162 valence electrons. The van der Waals surface area contributed by atoms with E-state index in [2.05, 4.69) is 44.3 Å². The third-order valence-electron chi connectivity index (χ3n) is 5.51. The third kappa shape index (κ3) is 5.70. The number of benzene rings is 2. The number of anilines is 2. The predicted molar refractivity (Wildman–Crippen MR) is 119 cm³/mol. The molecule has 1 aliphatic heterocycles. The van der Waals surface area contributed by atoms with Crippen molar-refractivity contribution in [2.75, 3.05) is 70.3 Å². The van der Waals surface area contributed by atoms with E-state index in [9.17, 15) is 9.18 Å². The summed E-state index contributed by atoms with van der Waals surface area (Å²) in [6.07, 6.45) is 0. The standard InChI is InChI=1S/C23H31FN4O2/c1-26(2)20-8-4-18(5-9-20)22(16-25-23(29)17-30-3)28-14-12-27(13-15-28)21-10-6-19(24)7-11-21/h4-11,22H,12-17H2,1-3H3,(H,25,29). The number of nitrogens with zero attached hydrogens (tertiary/aromatic N) is 3. The zero-order chi connectivity index (χ0) is 21.5. The molecule has 2 aromatic carbocycles. The van der Waals surface area contributed by atoms with E-state index < -0.39 is 0 Å². The van der Waals surface area contributed by atoms with Gasteiger partial charge >= 0.3 is 0 Å². The molecule has 3 rings (SSSR count). The van der Waals surface area contributed by atoms with Crippen molar-refractivity contribution in [3.8, 4) is 0 Å². The Bertz CT molecular complexity index is 803. The third-order valence-corrected chi connectivity index (χ3v) is 5.51. The van der Waals surface area contributed by atoms with Gasteiger partial charge in [0.05, 0.1) is 6.04 Å². The number of hydrogen-bond donors (Lipinski definition) is 1. The highest BCUT2D eigenvalue weighted by Gasteiger charge is 2.26. The fourth-order valence-corrected chi connectivity index (χ4v) is 3.79. The van der Waals surface area contributed by atoms with Crippen LogP contribution in [0.15, 0.2) is 48.5 Å². The van der Waals surface area contributed by atoms with Gasteiger partial charge in [-0.05, 0) is 42.0 Å². The molecule has 6 nitrogen and oxygen atoms in total. The van der Waals surface area contributed by atoms with Crippen LogP contribution in [0.1, 0.15) is 11.6 Å². The molecule has 0 aromatic heterocycles. The largest absolute Gasteiger partial charge is 0.378 e. The number of methoxy groups -OCH3 is 1. The molecule has 1 aliphatic rings. The molecule has 0 bridgehead atoms. The Morgan fingerprint density at radius 2 is 1.70 bits per heavy atom. The Hall–Kier alpha value is -2.64. The summed E-state index contributed by atoms with van der Waals surface area (Å²) in [5.74, 6) is -0.331. The molecule has 1 unspecified atom stereocenters. The Morgan fingerprint density at radius 1 is 1.07 bits per heavy atom. The Labute approximate surface area is 178 Å². The summed E-state index contributed by atoms with van der Waals surface area (Å²) < 4.78 is 18.2. The van der Waals surface area contributed by atoms with Gasteiger partial charge in [0, 0.05) is 65.3 Å². The molecule has 1 heterocycles. The molecule has 30 heavy (non-hydrogen) atoms. The second-order valence-electron chi connectivity index (χ2n) is 7.74. The smallest absolute Gasteiger partial charge is 0.246 e. The Balaban J connectivity index is 1.70. The van der Waals surface area contributed by atoms with Gasteiger partial charge in [-0.1, -0.05) is 12.1 Å². The van der Waals surface area contributed by atoms with Crippen molar-refractivity contribution in [2.45, 2.75) is 6.04 Å². The van der Waals surface area contributed by atoms with Crippen molar-refractivity contribution < 1.29 is 13.9 Å². The molecule has 0 saturated carbocycles. The van der Waals surface area contributed by atoms with E-state index in [1.165, 1.54) is 24.8 Å².